The molecule has 1 aliphatic rings. The van der Waals surface area contributed by atoms with Gasteiger partial charge in [0.25, 0.3) is 0 Å². The van der Waals surface area contributed by atoms with Crippen LogP contribution in [0.3, 0.4) is 0 Å². The van der Waals surface area contributed by atoms with Crippen molar-refractivity contribution in [3.8, 4) is 0 Å². The minimum atomic E-state index is -0.749. The van der Waals surface area contributed by atoms with Crippen LogP contribution in [0.5, 0.6) is 0 Å². The molecule has 1 fully saturated rings. The number of aliphatic hydroxyl groups is 1. The molecule has 1 heterocycles. The van der Waals surface area contributed by atoms with Gasteiger partial charge >= 0.3 is 6.03 Å². The molecular formula is C8H14N2O3. The van der Waals surface area contributed by atoms with Gasteiger partial charge in [-0.2, -0.15) is 0 Å². The standard InChI is InChI=1S/C8H14N2O3/c1-8(5-11)4-6(12)9(2)7(13)10(8)3/h11H,4-5H2,1-3H3. The summed E-state index contributed by atoms with van der Waals surface area (Å²) in [6.45, 7) is 1.49. The molecule has 13 heavy (non-hydrogen) atoms. The highest BCUT2D eigenvalue weighted by molar-refractivity contribution is 5.97. The molecule has 1 aliphatic heterocycles. The Morgan fingerprint density at radius 1 is 1.46 bits per heavy atom. The van der Waals surface area contributed by atoms with Crippen molar-refractivity contribution in [3.05, 3.63) is 0 Å². The van der Waals surface area contributed by atoms with Crippen LogP contribution >= 0.6 is 0 Å². The summed E-state index contributed by atoms with van der Waals surface area (Å²) in [5.41, 5.74) is -0.749. The molecule has 0 aromatic rings. The van der Waals surface area contributed by atoms with Crippen LogP contribution in [0.4, 0.5) is 4.79 Å². The number of carbonyl (C=O) groups excluding carboxylic acids is 2. The van der Waals surface area contributed by atoms with E-state index >= 15 is 0 Å². The number of aliphatic hydroxyl groups excluding tert-OH is 1. The predicted molar refractivity (Wildman–Crippen MR) is 46.0 cm³/mol. The lowest BCUT2D eigenvalue weighted by molar-refractivity contribution is -0.134. The second-order valence-corrected chi connectivity index (χ2v) is 3.63. The van der Waals surface area contributed by atoms with Crippen molar-refractivity contribution in [2.75, 3.05) is 20.7 Å². The van der Waals surface area contributed by atoms with Gasteiger partial charge in [-0.1, -0.05) is 0 Å². The van der Waals surface area contributed by atoms with E-state index in [4.69, 9.17) is 5.11 Å². The number of likely N-dealkylation sites (N-methyl/N-ethyl adjacent to an activating group) is 1. The number of carbonyl (C=O) groups is 2. The quantitative estimate of drug-likeness (QED) is 0.609. The maximum Gasteiger partial charge on any atom is 0.326 e. The first-order valence-corrected chi connectivity index (χ1v) is 4.07. The Kier molecular flexibility index (Phi) is 2.30. The topological polar surface area (TPSA) is 60.9 Å². The van der Waals surface area contributed by atoms with E-state index in [9.17, 15) is 9.59 Å². The van der Waals surface area contributed by atoms with Gasteiger partial charge in [0.1, 0.15) is 0 Å². The molecule has 0 radical (unpaired) electrons. The zero-order valence-corrected chi connectivity index (χ0v) is 8.07. The highest BCUT2D eigenvalue weighted by Crippen LogP contribution is 2.24. The molecule has 1 atom stereocenters. The minimum absolute atomic E-state index is 0.169. The fourth-order valence-electron chi connectivity index (χ4n) is 1.29. The Hall–Kier alpha value is -1.10. The molecule has 0 saturated carbocycles. The average molecular weight is 186 g/mol. The van der Waals surface area contributed by atoms with Crippen LogP contribution in [-0.2, 0) is 4.79 Å². The van der Waals surface area contributed by atoms with E-state index < -0.39 is 5.54 Å². The van der Waals surface area contributed by atoms with Gasteiger partial charge in [-0.3, -0.25) is 9.69 Å². The number of imide groups is 1. The summed E-state index contributed by atoms with van der Waals surface area (Å²) >= 11 is 0. The lowest BCUT2D eigenvalue weighted by Crippen LogP contribution is -2.61. The summed E-state index contributed by atoms with van der Waals surface area (Å²) in [7, 11) is 3.03. The third kappa shape index (κ3) is 1.39. The van der Waals surface area contributed by atoms with Gasteiger partial charge in [0.05, 0.1) is 18.6 Å². The second kappa shape index (κ2) is 2.99. The number of amides is 3. The second-order valence-electron chi connectivity index (χ2n) is 3.63. The van der Waals surface area contributed by atoms with Crippen molar-refractivity contribution in [2.24, 2.45) is 0 Å². The van der Waals surface area contributed by atoms with Crippen molar-refractivity contribution in [1.29, 1.82) is 0 Å². The molecule has 0 bridgehead atoms. The largest absolute Gasteiger partial charge is 0.394 e. The van der Waals surface area contributed by atoms with Crippen molar-refractivity contribution >= 4 is 11.9 Å². The maximum absolute atomic E-state index is 11.4. The minimum Gasteiger partial charge on any atom is -0.394 e. The van der Waals surface area contributed by atoms with Crippen LogP contribution in [0.1, 0.15) is 13.3 Å². The molecule has 0 spiro atoms. The zero-order chi connectivity index (χ0) is 10.2. The van der Waals surface area contributed by atoms with Crippen molar-refractivity contribution in [3.63, 3.8) is 0 Å². The molecule has 74 valence electrons. The summed E-state index contributed by atoms with van der Waals surface area (Å²) in [6, 6.07) is -0.368. The first-order valence-electron chi connectivity index (χ1n) is 4.07. The fraction of sp³-hybridized carbons (Fsp3) is 0.750. The van der Waals surface area contributed by atoms with E-state index in [1.165, 1.54) is 11.9 Å². The predicted octanol–water partition coefficient (Wildman–Crippen LogP) is -0.349. The zero-order valence-electron chi connectivity index (χ0n) is 8.07. The van der Waals surface area contributed by atoms with Crippen LogP contribution in [0, 0.1) is 0 Å². The lowest BCUT2D eigenvalue weighted by atomic mass is 9.94. The van der Waals surface area contributed by atoms with Crippen LogP contribution in [0.2, 0.25) is 0 Å². The number of hydrogen-bond acceptors (Lipinski definition) is 3. The molecule has 0 aromatic heterocycles. The Labute approximate surface area is 76.9 Å². The van der Waals surface area contributed by atoms with E-state index in [0.29, 0.717) is 0 Å². The Morgan fingerprint density at radius 3 is 2.46 bits per heavy atom. The molecule has 1 rings (SSSR count). The number of urea groups is 1. The summed E-state index contributed by atoms with van der Waals surface area (Å²) in [4.78, 5) is 25.2. The van der Waals surface area contributed by atoms with Crippen molar-refractivity contribution < 1.29 is 14.7 Å². The van der Waals surface area contributed by atoms with Crippen LogP contribution < -0.4 is 0 Å². The SMILES string of the molecule is CN1C(=O)CC(C)(CO)N(C)C1=O. The molecule has 1 N–H and O–H groups in total. The third-order valence-electron chi connectivity index (χ3n) is 2.63. The monoisotopic (exact) mass is 186 g/mol. The van der Waals surface area contributed by atoms with E-state index in [0.717, 1.165) is 4.90 Å². The van der Waals surface area contributed by atoms with Gasteiger partial charge in [0, 0.05) is 14.1 Å². The molecule has 0 aromatic carbocycles. The lowest BCUT2D eigenvalue weighted by Gasteiger charge is -2.43. The fourth-order valence-corrected chi connectivity index (χ4v) is 1.29. The van der Waals surface area contributed by atoms with E-state index in [-0.39, 0.29) is 25.0 Å². The normalized spacial score (nSPS) is 29.8. The molecule has 1 unspecified atom stereocenters. The number of nitrogens with zero attached hydrogens (tertiary/aromatic N) is 2. The molecular weight excluding hydrogens is 172 g/mol. The van der Waals surface area contributed by atoms with E-state index in [2.05, 4.69) is 0 Å². The van der Waals surface area contributed by atoms with Gasteiger partial charge in [-0.25, -0.2) is 4.79 Å². The summed E-state index contributed by atoms with van der Waals surface area (Å²) in [5.74, 6) is -0.250. The Balaban J connectivity index is 2.95. The summed E-state index contributed by atoms with van der Waals surface area (Å²) in [5, 5.41) is 9.08. The van der Waals surface area contributed by atoms with Gasteiger partial charge in [0.15, 0.2) is 0 Å². The van der Waals surface area contributed by atoms with Crippen LogP contribution in [0.25, 0.3) is 0 Å². The number of hydrogen-bond donors (Lipinski definition) is 1. The Bertz CT molecular complexity index is 254. The van der Waals surface area contributed by atoms with Crippen molar-refractivity contribution in [2.45, 2.75) is 18.9 Å². The van der Waals surface area contributed by atoms with Gasteiger partial charge in [0.2, 0.25) is 5.91 Å². The summed E-state index contributed by atoms with van der Waals surface area (Å²) < 4.78 is 0. The first kappa shape index (κ1) is 9.98. The van der Waals surface area contributed by atoms with Gasteiger partial charge in [-0.05, 0) is 6.92 Å². The van der Waals surface area contributed by atoms with Gasteiger partial charge in [-0.15, -0.1) is 0 Å². The Morgan fingerprint density at radius 2 is 2.00 bits per heavy atom. The number of rotatable bonds is 1. The molecule has 0 aliphatic carbocycles. The van der Waals surface area contributed by atoms with Crippen LogP contribution in [0.15, 0.2) is 0 Å². The summed E-state index contributed by atoms with van der Waals surface area (Å²) in [6.07, 6.45) is 0.169. The average Bonchev–Trinajstić information content (AvgIpc) is 2.12. The van der Waals surface area contributed by atoms with E-state index in [1.54, 1.807) is 14.0 Å². The highest BCUT2D eigenvalue weighted by atomic mass is 16.3. The first-order chi connectivity index (χ1) is 5.92. The highest BCUT2D eigenvalue weighted by Gasteiger charge is 2.42. The van der Waals surface area contributed by atoms with Crippen molar-refractivity contribution in [1.82, 2.24) is 9.80 Å². The third-order valence-corrected chi connectivity index (χ3v) is 2.63. The molecule has 1 saturated heterocycles. The van der Waals surface area contributed by atoms with Crippen LogP contribution in [-0.4, -0.2) is 53.1 Å². The molecule has 3 amide bonds. The van der Waals surface area contributed by atoms with E-state index in [1.807, 2.05) is 0 Å². The van der Waals surface area contributed by atoms with Gasteiger partial charge < -0.3 is 10.0 Å². The maximum atomic E-state index is 11.4. The molecule has 5 heteroatoms. The molecule has 5 nitrogen and oxygen atoms in total. The smallest absolute Gasteiger partial charge is 0.326 e.